The number of anilines is 1. The Bertz CT molecular complexity index is 517. The Hall–Kier alpha value is -2.08. The summed E-state index contributed by atoms with van der Waals surface area (Å²) in [6, 6.07) is 6.15. The summed E-state index contributed by atoms with van der Waals surface area (Å²) >= 11 is 0. The molecule has 0 saturated carbocycles. The zero-order chi connectivity index (χ0) is 15.2. The molecule has 1 aliphatic rings. The van der Waals surface area contributed by atoms with Crippen LogP contribution in [0.25, 0.3) is 0 Å². The molecular weight excluding hydrogens is 270 g/mol. The maximum Gasteiger partial charge on any atom is 0.316 e. The highest BCUT2D eigenvalue weighted by atomic mass is 16.5. The summed E-state index contributed by atoms with van der Waals surface area (Å²) < 4.78 is 5.61. The first kappa shape index (κ1) is 15.3. The van der Waals surface area contributed by atoms with Gasteiger partial charge < -0.3 is 20.7 Å². The monoisotopic (exact) mass is 291 g/mol. The Labute approximate surface area is 124 Å². The van der Waals surface area contributed by atoms with Gasteiger partial charge in [0.2, 0.25) is 0 Å². The van der Waals surface area contributed by atoms with Gasteiger partial charge in [0.1, 0.15) is 0 Å². The van der Waals surface area contributed by atoms with Crippen LogP contribution >= 0.6 is 0 Å². The van der Waals surface area contributed by atoms with Crippen LogP contribution in [0.15, 0.2) is 24.3 Å². The minimum Gasteiger partial charge on any atom is -0.377 e. The zero-order valence-corrected chi connectivity index (χ0v) is 12.2. The van der Waals surface area contributed by atoms with Gasteiger partial charge in [0.05, 0.1) is 6.10 Å². The van der Waals surface area contributed by atoms with E-state index < -0.39 is 6.03 Å². The van der Waals surface area contributed by atoms with Crippen LogP contribution in [0.3, 0.4) is 0 Å². The topological polar surface area (TPSA) is 84.7 Å². The summed E-state index contributed by atoms with van der Waals surface area (Å²) in [4.78, 5) is 25.2. The number of nitrogens with one attached hydrogen (secondary N) is 1. The molecule has 114 valence electrons. The van der Waals surface area contributed by atoms with Crippen molar-refractivity contribution in [3.05, 3.63) is 29.8 Å². The molecule has 0 aromatic heterocycles. The molecule has 1 fully saturated rings. The molecule has 21 heavy (non-hydrogen) atoms. The second kappa shape index (κ2) is 7.08. The van der Waals surface area contributed by atoms with Crippen molar-refractivity contribution >= 4 is 17.6 Å². The molecular formula is C15H21N3O3. The second-order valence-electron chi connectivity index (χ2n) is 5.04. The van der Waals surface area contributed by atoms with E-state index in [1.165, 1.54) is 0 Å². The van der Waals surface area contributed by atoms with Crippen molar-refractivity contribution in [1.82, 2.24) is 4.90 Å². The Kier molecular flexibility index (Phi) is 5.16. The summed E-state index contributed by atoms with van der Waals surface area (Å²) in [5, 5.41) is 2.48. The molecule has 1 aliphatic heterocycles. The normalized spacial score (nSPS) is 18.3. The molecule has 0 bridgehead atoms. The van der Waals surface area contributed by atoms with Crippen molar-refractivity contribution in [2.45, 2.75) is 25.9 Å². The number of ether oxygens (including phenoxy) is 1. The van der Waals surface area contributed by atoms with Gasteiger partial charge in [-0.1, -0.05) is 6.07 Å². The second-order valence-corrected chi connectivity index (χ2v) is 5.04. The third-order valence-electron chi connectivity index (χ3n) is 3.44. The van der Waals surface area contributed by atoms with E-state index in [0.29, 0.717) is 24.4 Å². The fraction of sp³-hybridized carbons (Fsp3) is 0.467. The van der Waals surface area contributed by atoms with Gasteiger partial charge in [0.15, 0.2) is 0 Å². The van der Waals surface area contributed by atoms with E-state index in [9.17, 15) is 9.59 Å². The average Bonchev–Trinajstić information content (AvgIpc) is 2.47. The van der Waals surface area contributed by atoms with Crippen molar-refractivity contribution in [1.29, 1.82) is 0 Å². The quantitative estimate of drug-likeness (QED) is 0.887. The summed E-state index contributed by atoms with van der Waals surface area (Å²) in [7, 11) is 0. The van der Waals surface area contributed by atoms with Crippen LogP contribution < -0.4 is 11.1 Å². The number of likely N-dealkylation sites (tertiary alicyclic amines) is 1. The molecule has 0 aliphatic carbocycles. The molecule has 1 heterocycles. The first-order valence-electron chi connectivity index (χ1n) is 7.17. The number of amides is 3. The smallest absolute Gasteiger partial charge is 0.316 e. The number of primary amides is 1. The van der Waals surface area contributed by atoms with Crippen LogP contribution in [0, 0.1) is 0 Å². The summed E-state index contributed by atoms with van der Waals surface area (Å²) in [6.07, 6.45) is 2.04. The molecule has 3 amide bonds. The lowest BCUT2D eigenvalue weighted by Crippen LogP contribution is -2.43. The Morgan fingerprint density at radius 1 is 1.48 bits per heavy atom. The van der Waals surface area contributed by atoms with Crippen molar-refractivity contribution in [3.8, 4) is 0 Å². The van der Waals surface area contributed by atoms with Gasteiger partial charge in [0.25, 0.3) is 5.91 Å². The molecule has 3 N–H and O–H groups in total. The minimum absolute atomic E-state index is 0.0486. The Morgan fingerprint density at radius 2 is 2.29 bits per heavy atom. The van der Waals surface area contributed by atoms with E-state index in [0.717, 1.165) is 19.4 Å². The minimum atomic E-state index is -0.644. The molecule has 1 atom stereocenters. The SMILES string of the molecule is CCOC1CCCN(C(=O)c2cccc(NC(N)=O)c2)C1. The first-order chi connectivity index (χ1) is 10.1. The summed E-state index contributed by atoms with van der Waals surface area (Å²) in [5.41, 5.74) is 6.14. The van der Waals surface area contributed by atoms with Gasteiger partial charge in [0, 0.05) is 30.9 Å². The molecule has 2 rings (SSSR count). The molecule has 1 unspecified atom stereocenters. The molecule has 6 heteroatoms. The number of piperidine rings is 1. The number of carbonyl (C=O) groups excluding carboxylic acids is 2. The van der Waals surface area contributed by atoms with Crippen molar-refractivity contribution in [2.75, 3.05) is 25.0 Å². The number of hydrogen-bond donors (Lipinski definition) is 2. The number of nitrogens with two attached hydrogens (primary N) is 1. The molecule has 6 nitrogen and oxygen atoms in total. The van der Waals surface area contributed by atoms with Crippen molar-refractivity contribution < 1.29 is 14.3 Å². The van der Waals surface area contributed by atoms with E-state index >= 15 is 0 Å². The number of carbonyl (C=O) groups is 2. The number of benzene rings is 1. The highest BCUT2D eigenvalue weighted by Gasteiger charge is 2.24. The Balaban J connectivity index is 2.06. The van der Waals surface area contributed by atoms with Crippen LogP contribution in [0.2, 0.25) is 0 Å². The van der Waals surface area contributed by atoms with Gasteiger partial charge in [-0.05, 0) is 38.0 Å². The lowest BCUT2D eigenvalue weighted by atomic mass is 10.1. The predicted molar refractivity (Wildman–Crippen MR) is 80.2 cm³/mol. The maximum absolute atomic E-state index is 12.5. The molecule has 1 aromatic carbocycles. The number of hydrogen-bond acceptors (Lipinski definition) is 3. The highest BCUT2D eigenvalue weighted by Crippen LogP contribution is 2.18. The fourth-order valence-electron chi connectivity index (χ4n) is 2.55. The third kappa shape index (κ3) is 4.19. The van der Waals surface area contributed by atoms with E-state index in [1.54, 1.807) is 29.2 Å². The van der Waals surface area contributed by atoms with Crippen LogP contribution in [-0.2, 0) is 4.74 Å². The largest absolute Gasteiger partial charge is 0.377 e. The van der Waals surface area contributed by atoms with E-state index in [2.05, 4.69) is 5.32 Å². The highest BCUT2D eigenvalue weighted by molar-refractivity contribution is 5.96. The van der Waals surface area contributed by atoms with Crippen LogP contribution in [0.4, 0.5) is 10.5 Å². The van der Waals surface area contributed by atoms with Crippen molar-refractivity contribution in [2.24, 2.45) is 5.73 Å². The van der Waals surface area contributed by atoms with Gasteiger partial charge in [-0.25, -0.2) is 4.79 Å². The van der Waals surface area contributed by atoms with Gasteiger partial charge >= 0.3 is 6.03 Å². The molecule has 0 spiro atoms. The summed E-state index contributed by atoms with van der Waals surface area (Å²) in [6.45, 7) is 3.96. The maximum atomic E-state index is 12.5. The standard InChI is InChI=1S/C15H21N3O3/c1-2-21-13-7-4-8-18(10-13)14(19)11-5-3-6-12(9-11)17-15(16)20/h3,5-6,9,13H,2,4,7-8,10H2,1H3,(H3,16,17,20). The van der Waals surface area contributed by atoms with Crippen molar-refractivity contribution in [3.63, 3.8) is 0 Å². The van der Waals surface area contributed by atoms with Gasteiger partial charge in [-0.2, -0.15) is 0 Å². The van der Waals surface area contributed by atoms with E-state index in [-0.39, 0.29) is 12.0 Å². The fourth-order valence-corrected chi connectivity index (χ4v) is 2.55. The van der Waals surface area contributed by atoms with Gasteiger partial charge in [-0.3, -0.25) is 4.79 Å². The molecule has 1 aromatic rings. The predicted octanol–water partition coefficient (Wildman–Crippen LogP) is 1.82. The first-order valence-corrected chi connectivity index (χ1v) is 7.17. The van der Waals surface area contributed by atoms with E-state index in [4.69, 9.17) is 10.5 Å². The molecule has 0 radical (unpaired) electrons. The van der Waals surface area contributed by atoms with Crippen LogP contribution in [0.5, 0.6) is 0 Å². The number of urea groups is 1. The van der Waals surface area contributed by atoms with E-state index in [1.807, 2.05) is 6.92 Å². The number of rotatable bonds is 4. The number of nitrogens with zero attached hydrogens (tertiary/aromatic N) is 1. The molecule has 1 saturated heterocycles. The van der Waals surface area contributed by atoms with Crippen LogP contribution in [0.1, 0.15) is 30.1 Å². The average molecular weight is 291 g/mol. The third-order valence-corrected chi connectivity index (χ3v) is 3.44. The Morgan fingerprint density at radius 3 is 3.00 bits per heavy atom. The lowest BCUT2D eigenvalue weighted by Gasteiger charge is -2.32. The lowest BCUT2D eigenvalue weighted by molar-refractivity contribution is 0.00724. The summed E-state index contributed by atoms with van der Waals surface area (Å²) in [5.74, 6) is -0.0486. The van der Waals surface area contributed by atoms with Crippen LogP contribution in [-0.4, -0.2) is 42.6 Å². The van der Waals surface area contributed by atoms with Gasteiger partial charge in [-0.15, -0.1) is 0 Å². The zero-order valence-electron chi connectivity index (χ0n) is 12.2.